The first-order chi connectivity index (χ1) is 8.51. The van der Waals surface area contributed by atoms with Gasteiger partial charge in [0, 0.05) is 18.6 Å². The number of rotatable bonds is 5. The topological polar surface area (TPSA) is 58.6 Å². The highest BCUT2D eigenvalue weighted by Gasteiger charge is 2.48. The van der Waals surface area contributed by atoms with Gasteiger partial charge in [0.15, 0.2) is 8.32 Å². The zero-order valence-corrected chi connectivity index (χ0v) is 14.3. The third kappa shape index (κ3) is 3.38. The van der Waals surface area contributed by atoms with E-state index in [1.807, 2.05) is 13.8 Å². The van der Waals surface area contributed by atoms with Gasteiger partial charge in [-0.2, -0.15) is 0 Å². The molecule has 1 aliphatic rings. The van der Waals surface area contributed by atoms with Crippen LogP contribution in [0.1, 0.15) is 34.6 Å². The summed E-state index contributed by atoms with van der Waals surface area (Å²) in [6, 6.07) is 0.0391. The van der Waals surface area contributed by atoms with Crippen molar-refractivity contribution in [3.8, 4) is 0 Å². The number of carbonyl (C=O) groups excluding carboxylic acids is 1. The van der Waals surface area contributed by atoms with Crippen LogP contribution in [0, 0.1) is 11.8 Å². The highest BCUT2D eigenvalue weighted by molar-refractivity contribution is 6.74. The maximum absolute atomic E-state index is 11.8. The molecule has 4 nitrogen and oxygen atoms in total. The summed E-state index contributed by atoms with van der Waals surface area (Å²) in [6.07, 6.45) is -0.0892. The first-order valence-electron chi connectivity index (χ1n) is 7.10. The Morgan fingerprint density at radius 3 is 2.26 bits per heavy atom. The molecule has 4 atom stereocenters. The Hall–Kier alpha value is -0.393. The van der Waals surface area contributed by atoms with Crippen LogP contribution in [0.2, 0.25) is 18.1 Å². The van der Waals surface area contributed by atoms with Gasteiger partial charge >= 0.3 is 0 Å². The maximum atomic E-state index is 11.8. The molecule has 0 spiro atoms. The van der Waals surface area contributed by atoms with Crippen molar-refractivity contribution in [3.05, 3.63) is 0 Å². The van der Waals surface area contributed by atoms with E-state index in [9.17, 15) is 9.90 Å². The fourth-order valence-corrected chi connectivity index (χ4v) is 3.68. The molecule has 1 rings (SSSR count). The molecule has 0 aliphatic carbocycles. The lowest BCUT2D eigenvalue weighted by atomic mass is 9.79. The summed E-state index contributed by atoms with van der Waals surface area (Å²) < 4.78 is 6.30. The van der Waals surface area contributed by atoms with Gasteiger partial charge in [-0.25, -0.2) is 0 Å². The second-order valence-corrected chi connectivity index (χ2v) is 12.1. The van der Waals surface area contributed by atoms with Gasteiger partial charge in [-0.15, -0.1) is 0 Å². The minimum atomic E-state index is -1.86. The second-order valence-electron chi connectivity index (χ2n) is 7.30. The Bertz CT molecular complexity index is 338. The van der Waals surface area contributed by atoms with E-state index >= 15 is 0 Å². The summed E-state index contributed by atoms with van der Waals surface area (Å²) >= 11 is 0. The second kappa shape index (κ2) is 5.54. The minimum Gasteiger partial charge on any atom is -0.413 e. The molecule has 1 saturated heterocycles. The van der Waals surface area contributed by atoms with Crippen molar-refractivity contribution < 1.29 is 14.3 Å². The van der Waals surface area contributed by atoms with E-state index in [-0.39, 0.29) is 41.5 Å². The third-order valence-corrected chi connectivity index (χ3v) is 9.27. The zero-order valence-electron chi connectivity index (χ0n) is 13.3. The molecule has 1 amide bonds. The molecule has 0 bridgehead atoms. The number of aliphatic hydroxyl groups is 1. The average Bonchev–Trinajstić information content (AvgIpc) is 2.22. The first kappa shape index (κ1) is 16.7. The number of carbonyl (C=O) groups is 1. The van der Waals surface area contributed by atoms with Gasteiger partial charge in [0.05, 0.1) is 12.0 Å². The fraction of sp³-hybridized carbons (Fsp3) is 0.929. The predicted octanol–water partition coefficient (Wildman–Crippen LogP) is 2.14. The molecular weight excluding hydrogens is 258 g/mol. The van der Waals surface area contributed by atoms with E-state index in [0.717, 1.165) is 0 Å². The van der Waals surface area contributed by atoms with Crippen LogP contribution in [0.25, 0.3) is 0 Å². The fourth-order valence-electron chi connectivity index (χ4n) is 2.25. The minimum absolute atomic E-state index is 0.0391. The largest absolute Gasteiger partial charge is 0.413 e. The smallest absolute Gasteiger partial charge is 0.228 e. The van der Waals surface area contributed by atoms with Gasteiger partial charge in [-0.3, -0.25) is 4.79 Å². The molecule has 1 aliphatic heterocycles. The van der Waals surface area contributed by atoms with Gasteiger partial charge in [0.2, 0.25) is 5.91 Å². The van der Waals surface area contributed by atoms with Gasteiger partial charge in [-0.05, 0) is 25.1 Å². The normalized spacial score (nSPS) is 27.5. The summed E-state index contributed by atoms with van der Waals surface area (Å²) in [6.45, 7) is 15.0. The van der Waals surface area contributed by atoms with Crippen molar-refractivity contribution in [2.45, 2.75) is 64.9 Å². The first-order valence-corrected chi connectivity index (χ1v) is 10.0. The average molecular weight is 287 g/mol. The molecule has 0 saturated carbocycles. The van der Waals surface area contributed by atoms with E-state index in [1.165, 1.54) is 0 Å². The quantitative estimate of drug-likeness (QED) is 0.601. The van der Waals surface area contributed by atoms with E-state index in [4.69, 9.17) is 4.43 Å². The standard InChI is InChI=1S/C14H29NO3Si/c1-9(8-16)12-11(13(17)15-12)10(2)18-19(6,7)14(3,4)5/h9-12,16H,8H2,1-7H3,(H,15,17)/t9-,10?,11+,12+/m0/s1. The van der Waals surface area contributed by atoms with Crippen LogP contribution in [0.5, 0.6) is 0 Å². The Kier molecular flexibility index (Phi) is 4.86. The van der Waals surface area contributed by atoms with E-state index in [1.54, 1.807) is 0 Å². The summed E-state index contributed by atoms with van der Waals surface area (Å²) in [5, 5.41) is 12.3. The van der Waals surface area contributed by atoms with E-state index in [2.05, 4.69) is 39.2 Å². The SMILES string of the molecule is CC(O[Si](C)(C)C(C)(C)C)[C@H]1C(=O)N[C@@H]1[C@@H](C)CO. The zero-order chi connectivity index (χ0) is 15.0. The van der Waals surface area contributed by atoms with Crippen LogP contribution in [0.3, 0.4) is 0 Å². The van der Waals surface area contributed by atoms with Gasteiger partial charge < -0.3 is 14.8 Å². The molecule has 19 heavy (non-hydrogen) atoms. The van der Waals surface area contributed by atoms with Crippen LogP contribution in [-0.4, -0.2) is 38.1 Å². The van der Waals surface area contributed by atoms with Gasteiger partial charge in [-0.1, -0.05) is 27.7 Å². The molecule has 0 aromatic heterocycles. The molecule has 5 heteroatoms. The molecule has 1 unspecified atom stereocenters. The lowest BCUT2D eigenvalue weighted by Gasteiger charge is -2.47. The summed E-state index contributed by atoms with van der Waals surface area (Å²) in [5.74, 6) is 0.000879. The van der Waals surface area contributed by atoms with Crippen molar-refractivity contribution in [1.29, 1.82) is 0 Å². The van der Waals surface area contributed by atoms with E-state index < -0.39 is 8.32 Å². The van der Waals surface area contributed by atoms with Crippen LogP contribution in [-0.2, 0) is 9.22 Å². The Balaban J connectivity index is 2.72. The van der Waals surface area contributed by atoms with Crippen LogP contribution < -0.4 is 5.32 Å². The molecular formula is C14H29NO3Si. The van der Waals surface area contributed by atoms with Crippen molar-refractivity contribution >= 4 is 14.2 Å². The lowest BCUT2D eigenvalue weighted by molar-refractivity contribution is -0.142. The van der Waals surface area contributed by atoms with Gasteiger partial charge in [0.25, 0.3) is 0 Å². The molecule has 1 heterocycles. The summed E-state index contributed by atoms with van der Waals surface area (Å²) in [5.41, 5.74) is 0. The van der Waals surface area contributed by atoms with Crippen LogP contribution in [0.15, 0.2) is 0 Å². The number of hydrogen-bond donors (Lipinski definition) is 2. The van der Waals surface area contributed by atoms with Crippen molar-refractivity contribution in [3.63, 3.8) is 0 Å². The Morgan fingerprint density at radius 2 is 1.89 bits per heavy atom. The number of hydrogen-bond acceptors (Lipinski definition) is 3. The van der Waals surface area contributed by atoms with Crippen molar-refractivity contribution in [2.24, 2.45) is 11.8 Å². The number of amides is 1. The number of nitrogens with one attached hydrogen (secondary N) is 1. The molecule has 0 aromatic carbocycles. The molecule has 2 N–H and O–H groups in total. The third-order valence-electron chi connectivity index (χ3n) is 4.69. The predicted molar refractivity (Wildman–Crippen MR) is 79.4 cm³/mol. The summed E-state index contributed by atoms with van der Waals surface area (Å²) in [4.78, 5) is 11.8. The van der Waals surface area contributed by atoms with Crippen molar-refractivity contribution in [1.82, 2.24) is 5.32 Å². The van der Waals surface area contributed by atoms with Gasteiger partial charge in [0.1, 0.15) is 0 Å². The van der Waals surface area contributed by atoms with Crippen molar-refractivity contribution in [2.75, 3.05) is 6.61 Å². The Morgan fingerprint density at radius 1 is 1.37 bits per heavy atom. The lowest BCUT2D eigenvalue weighted by Crippen LogP contribution is -2.66. The number of aliphatic hydroxyl groups excluding tert-OH is 1. The van der Waals surface area contributed by atoms with Crippen LogP contribution >= 0.6 is 0 Å². The summed E-state index contributed by atoms with van der Waals surface area (Å²) in [7, 11) is -1.86. The highest BCUT2D eigenvalue weighted by Crippen LogP contribution is 2.39. The van der Waals surface area contributed by atoms with Crippen LogP contribution in [0.4, 0.5) is 0 Å². The maximum Gasteiger partial charge on any atom is 0.228 e. The monoisotopic (exact) mass is 287 g/mol. The van der Waals surface area contributed by atoms with E-state index in [0.29, 0.717) is 0 Å². The molecule has 0 radical (unpaired) electrons. The highest BCUT2D eigenvalue weighted by atomic mass is 28.4. The molecule has 1 fully saturated rings. The Labute approximate surface area is 118 Å². The molecule has 112 valence electrons. The molecule has 0 aromatic rings. The number of β-lactam (4-membered cyclic amide) rings is 1.